The van der Waals surface area contributed by atoms with Gasteiger partial charge in [-0.1, -0.05) is 19.8 Å². The van der Waals surface area contributed by atoms with Crippen LogP contribution in [0.4, 0.5) is 14.6 Å². The molecule has 0 aliphatic carbocycles. The quantitative estimate of drug-likeness (QED) is 0.810. The van der Waals surface area contributed by atoms with Crippen molar-refractivity contribution in [3.8, 4) is 11.1 Å². The number of rotatable bonds is 5. The first kappa shape index (κ1) is 13.5. The van der Waals surface area contributed by atoms with Crippen LogP contribution in [0.15, 0.2) is 18.2 Å². The van der Waals surface area contributed by atoms with Crippen LogP contribution in [-0.4, -0.2) is 10.2 Å². The third-order valence-electron chi connectivity index (χ3n) is 3.10. The highest BCUT2D eigenvalue weighted by Crippen LogP contribution is 2.31. The summed E-state index contributed by atoms with van der Waals surface area (Å²) in [6.45, 7) is 2.11. The number of nitrogens with zero attached hydrogens (tertiary/aromatic N) is 1. The van der Waals surface area contributed by atoms with E-state index in [-0.39, 0.29) is 5.82 Å². The largest absolute Gasteiger partial charge is 0.382 e. The summed E-state index contributed by atoms with van der Waals surface area (Å²) in [4.78, 5) is 0. The molecule has 0 spiro atoms. The number of nitrogens with one attached hydrogen (secondary N) is 1. The molecule has 102 valence electrons. The van der Waals surface area contributed by atoms with Crippen LogP contribution in [0.25, 0.3) is 11.1 Å². The van der Waals surface area contributed by atoms with Crippen LogP contribution in [0.3, 0.4) is 0 Å². The van der Waals surface area contributed by atoms with Crippen LogP contribution < -0.4 is 5.73 Å². The van der Waals surface area contributed by atoms with Crippen LogP contribution in [-0.2, 0) is 6.42 Å². The minimum absolute atomic E-state index is 0.247. The van der Waals surface area contributed by atoms with Crippen LogP contribution in [0.2, 0.25) is 0 Å². The highest BCUT2D eigenvalue weighted by molar-refractivity contribution is 5.76. The van der Waals surface area contributed by atoms with Crippen molar-refractivity contribution in [1.29, 1.82) is 0 Å². The van der Waals surface area contributed by atoms with Gasteiger partial charge in [0.2, 0.25) is 0 Å². The SMILES string of the molecule is CCCCCc1[nH]nc(N)c1-c1ccc(F)cc1F. The summed E-state index contributed by atoms with van der Waals surface area (Å²) in [6, 6.07) is 3.48. The first-order valence-corrected chi connectivity index (χ1v) is 6.41. The van der Waals surface area contributed by atoms with Crippen molar-refractivity contribution < 1.29 is 8.78 Å². The number of hydrogen-bond donors (Lipinski definition) is 2. The predicted octanol–water partition coefficient (Wildman–Crippen LogP) is 3.67. The normalized spacial score (nSPS) is 10.9. The fourth-order valence-corrected chi connectivity index (χ4v) is 2.12. The number of halogens is 2. The molecule has 0 saturated carbocycles. The summed E-state index contributed by atoms with van der Waals surface area (Å²) in [5.41, 5.74) is 7.42. The molecule has 0 aliphatic rings. The van der Waals surface area contributed by atoms with E-state index in [1.807, 2.05) is 0 Å². The molecule has 0 unspecified atom stereocenters. The number of H-pyrrole nitrogens is 1. The van der Waals surface area contributed by atoms with Crippen molar-refractivity contribution in [2.24, 2.45) is 0 Å². The molecular weight excluding hydrogens is 248 g/mol. The Morgan fingerprint density at radius 3 is 2.74 bits per heavy atom. The molecule has 2 aromatic rings. The summed E-state index contributed by atoms with van der Waals surface area (Å²) in [7, 11) is 0. The molecule has 3 nitrogen and oxygen atoms in total. The van der Waals surface area contributed by atoms with E-state index in [0.717, 1.165) is 37.4 Å². The van der Waals surface area contributed by atoms with E-state index in [0.29, 0.717) is 11.1 Å². The molecule has 3 N–H and O–H groups in total. The molecule has 19 heavy (non-hydrogen) atoms. The third-order valence-corrected chi connectivity index (χ3v) is 3.10. The molecule has 1 heterocycles. The number of anilines is 1. The lowest BCUT2D eigenvalue weighted by molar-refractivity contribution is 0.585. The zero-order valence-corrected chi connectivity index (χ0v) is 10.8. The Labute approximate surface area is 110 Å². The van der Waals surface area contributed by atoms with Crippen LogP contribution in [0.1, 0.15) is 31.9 Å². The van der Waals surface area contributed by atoms with Crippen molar-refractivity contribution in [2.45, 2.75) is 32.6 Å². The van der Waals surface area contributed by atoms with Crippen molar-refractivity contribution in [3.63, 3.8) is 0 Å². The lowest BCUT2D eigenvalue weighted by Crippen LogP contribution is -1.95. The standard InChI is InChI=1S/C14H17F2N3/c1-2-3-4-5-12-13(14(17)19-18-12)10-7-6-9(15)8-11(10)16/h6-8H,2-5H2,1H3,(H3,17,18,19). The Morgan fingerprint density at radius 1 is 1.26 bits per heavy atom. The fraction of sp³-hybridized carbons (Fsp3) is 0.357. The topological polar surface area (TPSA) is 54.7 Å². The molecule has 2 rings (SSSR count). The van der Waals surface area contributed by atoms with E-state index in [2.05, 4.69) is 17.1 Å². The second-order valence-corrected chi connectivity index (χ2v) is 4.54. The van der Waals surface area contributed by atoms with E-state index in [1.54, 1.807) is 0 Å². The second-order valence-electron chi connectivity index (χ2n) is 4.54. The molecule has 0 saturated heterocycles. The molecule has 0 radical (unpaired) electrons. The molecule has 0 bridgehead atoms. The number of aromatic nitrogens is 2. The van der Waals surface area contributed by atoms with Crippen molar-refractivity contribution in [2.75, 3.05) is 5.73 Å². The number of benzene rings is 1. The molecule has 1 aromatic heterocycles. The second kappa shape index (κ2) is 5.82. The third kappa shape index (κ3) is 2.92. The Kier molecular flexibility index (Phi) is 4.14. The van der Waals surface area contributed by atoms with E-state index in [4.69, 9.17) is 5.73 Å². The van der Waals surface area contributed by atoms with Crippen LogP contribution in [0, 0.1) is 11.6 Å². The van der Waals surface area contributed by atoms with Gasteiger partial charge in [0.25, 0.3) is 0 Å². The van der Waals surface area contributed by atoms with Gasteiger partial charge in [0, 0.05) is 22.9 Å². The van der Waals surface area contributed by atoms with Gasteiger partial charge in [-0.15, -0.1) is 0 Å². The lowest BCUT2D eigenvalue weighted by atomic mass is 10.0. The predicted molar refractivity (Wildman–Crippen MR) is 71.6 cm³/mol. The summed E-state index contributed by atoms with van der Waals surface area (Å²) < 4.78 is 26.8. The number of aromatic amines is 1. The molecule has 0 amide bonds. The van der Waals surface area contributed by atoms with Gasteiger partial charge in [0.1, 0.15) is 11.6 Å². The number of unbranched alkanes of at least 4 members (excludes halogenated alkanes) is 2. The first-order chi connectivity index (χ1) is 9.13. The summed E-state index contributed by atoms with van der Waals surface area (Å²) in [5.74, 6) is -0.974. The Balaban J connectivity index is 2.35. The maximum atomic E-state index is 13.8. The van der Waals surface area contributed by atoms with Gasteiger partial charge in [-0.3, -0.25) is 5.10 Å². The van der Waals surface area contributed by atoms with Crippen molar-refractivity contribution in [3.05, 3.63) is 35.5 Å². The zero-order valence-electron chi connectivity index (χ0n) is 10.8. The fourth-order valence-electron chi connectivity index (χ4n) is 2.12. The summed E-state index contributed by atoms with van der Waals surface area (Å²) in [6.07, 6.45) is 3.92. The monoisotopic (exact) mass is 265 g/mol. The van der Waals surface area contributed by atoms with Crippen LogP contribution in [0.5, 0.6) is 0 Å². The van der Waals surface area contributed by atoms with Gasteiger partial charge in [-0.2, -0.15) is 5.10 Å². The average Bonchev–Trinajstić information content (AvgIpc) is 2.72. The van der Waals surface area contributed by atoms with E-state index in [1.165, 1.54) is 12.1 Å². The van der Waals surface area contributed by atoms with Crippen molar-refractivity contribution in [1.82, 2.24) is 10.2 Å². The Hall–Kier alpha value is -1.91. The highest BCUT2D eigenvalue weighted by Gasteiger charge is 2.16. The molecule has 5 heteroatoms. The maximum Gasteiger partial charge on any atom is 0.153 e. The number of aryl methyl sites for hydroxylation is 1. The minimum Gasteiger partial charge on any atom is -0.382 e. The van der Waals surface area contributed by atoms with Gasteiger partial charge < -0.3 is 5.73 Å². The van der Waals surface area contributed by atoms with Crippen molar-refractivity contribution >= 4 is 5.82 Å². The number of nitrogen functional groups attached to an aromatic ring is 1. The number of nitrogens with two attached hydrogens (primary N) is 1. The van der Waals surface area contributed by atoms with Crippen LogP contribution >= 0.6 is 0 Å². The molecule has 0 aliphatic heterocycles. The molecule has 0 fully saturated rings. The van der Waals surface area contributed by atoms with E-state index < -0.39 is 11.6 Å². The Bertz CT molecular complexity index is 564. The minimum atomic E-state index is -0.621. The summed E-state index contributed by atoms with van der Waals surface area (Å²) >= 11 is 0. The molecule has 1 aromatic carbocycles. The lowest BCUT2D eigenvalue weighted by Gasteiger charge is -2.06. The first-order valence-electron chi connectivity index (χ1n) is 6.41. The average molecular weight is 265 g/mol. The van der Waals surface area contributed by atoms with Gasteiger partial charge in [-0.05, 0) is 25.0 Å². The maximum absolute atomic E-state index is 13.8. The summed E-state index contributed by atoms with van der Waals surface area (Å²) in [5, 5.41) is 6.77. The molecular formula is C14H17F2N3. The Morgan fingerprint density at radius 2 is 2.05 bits per heavy atom. The highest BCUT2D eigenvalue weighted by atomic mass is 19.1. The number of hydrogen-bond acceptors (Lipinski definition) is 2. The van der Waals surface area contributed by atoms with Gasteiger partial charge in [-0.25, -0.2) is 8.78 Å². The van der Waals surface area contributed by atoms with Gasteiger partial charge >= 0.3 is 0 Å². The zero-order chi connectivity index (χ0) is 13.8. The van der Waals surface area contributed by atoms with E-state index in [9.17, 15) is 8.78 Å². The van der Waals surface area contributed by atoms with Gasteiger partial charge in [0.05, 0.1) is 0 Å². The molecule has 0 atom stereocenters. The van der Waals surface area contributed by atoms with Gasteiger partial charge in [0.15, 0.2) is 5.82 Å². The smallest absolute Gasteiger partial charge is 0.153 e. The van der Waals surface area contributed by atoms with E-state index >= 15 is 0 Å².